The lowest BCUT2D eigenvalue weighted by molar-refractivity contribution is 0.0996. The molecule has 0 aliphatic carbocycles. The number of aromatic nitrogens is 4. The zero-order chi connectivity index (χ0) is 15.6. The molecule has 3 heterocycles. The molecule has 0 aliphatic heterocycles. The number of fused-ring (bicyclic) bond motifs is 1. The zero-order valence-electron chi connectivity index (χ0n) is 11.9. The topological polar surface area (TPSA) is 85.3 Å². The Bertz CT molecular complexity index is 961. The zero-order valence-corrected chi connectivity index (χ0v) is 11.9. The van der Waals surface area contributed by atoms with E-state index in [1.54, 1.807) is 22.8 Å². The fraction of sp³-hybridized carbons (Fsp3) is 0. The lowest BCUT2D eigenvalue weighted by Gasteiger charge is -2.02. The first-order chi connectivity index (χ1) is 11.3. The number of nitrogens with one attached hydrogen (secondary N) is 1. The fourth-order valence-corrected chi connectivity index (χ4v) is 2.25. The molecule has 1 amide bonds. The third-order valence-corrected chi connectivity index (χ3v) is 3.28. The van der Waals surface area contributed by atoms with E-state index in [1.807, 2.05) is 36.4 Å². The molecule has 1 N–H and O–H groups in total. The number of carbonyl (C=O) groups is 1. The molecule has 7 nitrogen and oxygen atoms in total. The van der Waals surface area contributed by atoms with Crippen LogP contribution in [0.5, 0.6) is 0 Å². The Balaban J connectivity index is 1.72. The molecular formula is C16H11N5O2. The van der Waals surface area contributed by atoms with Crippen molar-refractivity contribution in [2.75, 3.05) is 5.32 Å². The molecular weight excluding hydrogens is 294 g/mol. The molecule has 0 radical (unpaired) electrons. The van der Waals surface area contributed by atoms with E-state index in [4.69, 9.17) is 4.42 Å². The summed E-state index contributed by atoms with van der Waals surface area (Å²) < 4.78 is 6.63. The molecule has 112 valence electrons. The molecule has 4 aromatic rings. The van der Waals surface area contributed by atoms with Gasteiger partial charge in [-0.05, 0) is 18.2 Å². The van der Waals surface area contributed by atoms with E-state index in [1.165, 1.54) is 6.26 Å². The van der Waals surface area contributed by atoms with Crippen molar-refractivity contribution in [3.63, 3.8) is 0 Å². The summed E-state index contributed by atoms with van der Waals surface area (Å²) in [5.41, 5.74) is 1.82. The third kappa shape index (κ3) is 2.44. The van der Waals surface area contributed by atoms with Crippen LogP contribution in [0, 0.1) is 0 Å². The van der Waals surface area contributed by atoms with E-state index >= 15 is 0 Å². The average Bonchev–Trinajstić information content (AvgIpc) is 3.24. The van der Waals surface area contributed by atoms with Crippen LogP contribution in [0.2, 0.25) is 0 Å². The van der Waals surface area contributed by atoms with Crippen molar-refractivity contribution in [3.05, 3.63) is 66.8 Å². The van der Waals surface area contributed by atoms with Gasteiger partial charge in [-0.3, -0.25) is 10.1 Å². The summed E-state index contributed by atoms with van der Waals surface area (Å²) in [7, 11) is 0. The van der Waals surface area contributed by atoms with Gasteiger partial charge in [-0.1, -0.05) is 30.3 Å². The smallest absolute Gasteiger partial charge is 0.293 e. The summed E-state index contributed by atoms with van der Waals surface area (Å²) in [4.78, 5) is 20.4. The minimum atomic E-state index is -0.410. The van der Waals surface area contributed by atoms with Gasteiger partial charge in [0.2, 0.25) is 0 Å². The standard InChI is InChI=1S/C16H11N5O2/c22-14(13-7-4-10-23-13)18-15-19-16-17-9-8-12(21(16)20-15)11-5-2-1-3-6-11/h1-10H,(H,18,20,22). The number of carbonyl (C=O) groups excluding carboxylic acids is 1. The maximum atomic E-state index is 12.0. The number of rotatable bonds is 3. The lowest BCUT2D eigenvalue weighted by Crippen LogP contribution is -2.12. The molecule has 0 unspecified atom stereocenters. The van der Waals surface area contributed by atoms with Crippen molar-refractivity contribution in [2.45, 2.75) is 0 Å². The lowest BCUT2D eigenvalue weighted by atomic mass is 10.1. The maximum Gasteiger partial charge on any atom is 0.293 e. The predicted molar refractivity (Wildman–Crippen MR) is 82.9 cm³/mol. The van der Waals surface area contributed by atoms with E-state index in [-0.39, 0.29) is 11.7 Å². The summed E-state index contributed by atoms with van der Waals surface area (Å²) in [5, 5.41) is 6.91. The van der Waals surface area contributed by atoms with Crippen LogP contribution in [0.4, 0.5) is 5.95 Å². The summed E-state index contributed by atoms with van der Waals surface area (Å²) in [6, 6.07) is 14.8. The minimum Gasteiger partial charge on any atom is -0.459 e. The van der Waals surface area contributed by atoms with Crippen LogP contribution in [0.25, 0.3) is 17.0 Å². The largest absolute Gasteiger partial charge is 0.459 e. The molecule has 1 aromatic carbocycles. The second-order valence-corrected chi connectivity index (χ2v) is 4.77. The predicted octanol–water partition coefficient (Wildman–Crippen LogP) is 2.64. The molecule has 0 bridgehead atoms. The first kappa shape index (κ1) is 13.2. The molecule has 3 aromatic heterocycles. The Morgan fingerprint density at radius 3 is 2.74 bits per heavy atom. The molecule has 0 fully saturated rings. The summed E-state index contributed by atoms with van der Waals surface area (Å²) in [6.07, 6.45) is 3.09. The van der Waals surface area contributed by atoms with Gasteiger partial charge in [-0.2, -0.15) is 9.50 Å². The SMILES string of the molecule is O=C(Nc1nc2nccc(-c3ccccc3)n2n1)c1ccco1. The van der Waals surface area contributed by atoms with Gasteiger partial charge < -0.3 is 4.42 Å². The first-order valence-corrected chi connectivity index (χ1v) is 6.93. The highest BCUT2D eigenvalue weighted by atomic mass is 16.3. The molecule has 0 spiro atoms. The molecule has 0 atom stereocenters. The van der Waals surface area contributed by atoms with Gasteiger partial charge in [0, 0.05) is 11.8 Å². The second kappa shape index (κ2) is 5.38. The highest BCUT2D eigenvalue weighted by Crippen LogP contribution is 2.19. The van der Waals surface area contributed by atoms with Crippen LogP contribution in [0.3, 0.4) is 0 Å². The van der Waals surface area contributed by atoms with Gasteiger partial charge in [0.15, 0.2) is 5.76 Å². The first-order valence-electron chi connectivity index (χ1n) is 6.93. The molecule has 23 heavy (non-hydrogen) atoms. The number of hydrogen-bond donors (Lipinski definition) is 1. The van der Waals surface area contributed by atoms with E-state index in [2.05, 4.69) is 20.4 Å². The number of benzene rings is 1. The Morgan fingerprint density at radius 1 is 1.09 bits per heavy atom. The Kier molecular flexibility index (Phi) is 3.09. The fourth-order valence-electron chi connectivity index (χ4n) is 2.25. The van der Waals surface area contributed by atoms with E-state index < -0.39 is 5.91 Å². The van der Waals surface area contributed by atoms with Gasteiger partial charge in [0.1, 0.15) is 0 Å². The van der Waals surface area contributed by atoms with Crippen molar-refractivity contribution in [1.82, 2.24) is 19.6 Å². The summed E-state index contributed by atoms with van der Waals surface area (Å²) in [5.74, 6) is 0.357. The van der Waals surface area contributed by atoms with Gasteiger partial charge in [-0.25, -0.2) is 4.98 Å². The minimum absolute atomic E-state index is 0.169. The molecule has 0 saturated heterocycles. The van der Waals surface area contributed by atoms with Crippen LogP contribution in [-0.2, 0) is 0 Å². The van der Waals surface area contributed by atoms with Crippen molar-refractivity contribution in [3.8, 4) is 11.3 Å². The van der Waals surface area contributed by atoms with Crippen molar-refractivity contribution in [2.24, 2.45) is 0 Å². The maximum absolute atomic E-state index is 12.0. The number of anilines is 1. The molecule has 0 aliphatic rings. The summed E-state index contributed by atoms with van der Waals surface area (Å²) in [6.45, 7) is 0. The number of hydrogen-bond acceptors (Lipinski definition) is 5. The number of furan rings is 1. The van der Waals surface area contributed by atoms with E-state index in [9.17, 15) is 4.79 Å². The van der Waals surface area contributed by atoms with Gasteiger partial charge in [0.05, 0.1) is 12.0 Å². The monoisotopic (exact) mass is 305 g/mol. The Labute approximate surface area is 130 Å². The van der Waals surface area contributed by atoms with E-state index in [0.29, 0.717) is 5.78 Å². The van der Waals surface area contributed by atoms with Crippen molar-refractivity contribution in [1.29, 1.82) is 0 Å². The highest BCUT2D eigenvalue weighted by Gasteiger charge is 2.14. The van der Waals surface area contributed by atoms with Gasteiger partial charge in [-0.15, -0.1) is 5.10 Å². The normalized spacial score (nSPS) is 10.8. The Morgan fingerprint density at radius 2 is 1.96 bits per heavy atom. The van der Waals surface area contributed by atoms with Crippen LogP contribution in [0.15, 0.2) is 65.4 Å². The molecule has 0 saturated carbocycles. The highest BCUT2D eigenvalue weighted by molar-refractivity contribution is 6.01. The van der Waals surface area contributed by atoms with E-state index in [0.717, 1.165) is 11.3 Å². The van der Waals surface area contributed by atoms with Crippen LogP contribution in [0.1, 0.15) is 10.6 Å². The Hall–Kier alpha value is -3.48. The van der Waals surface area contributed by atoms with Crippen LogP contribution < -0.4 is 5.32 Å². The van der Waals surface area contributed by atoms with Crippen molar-refractivity contribution < 1.29 is 9.21 Å². The van der Waals surface area contributed by atoms with Gasteiger partial charge >= 0.3 is 0 Å². The van der Waals surface area contributed by atoms with Crippen LogP contribution in [-0.4, -0.2) is 25.5 Å². The molecule has 4 rings (SSSR count). The number of amides is 1. The second-order valence-electron chi connectivity index (χ2n) is 4.77. The molecule has 7 heteroatoms. The number of nitrogens with zero attached hydrogens (tertiary/aromatic N) is 4. The quantitative estimate of drug-likeness (QED) is 0.629. The average molecular weight is 305 g/mol. The van der Waals surface area contributed by atoms with Crippen molar-refractivity contribution >= 4 is 17.6 Å². The third-order valence-electron chi connectivity index (χ3n) is 3.28. The van der Waals surface area contributed by atoms with Gasteiger partial charge in [0.25, 0.3) is 17.6 Å². The van der Waals surface area contributed by atoms with Crippen LogP contribution >= 0.6 is 0 Å². The summed E-state index contributed by atoms with van der Waals surface area (Å²) >= 11 is 0.